The van der Waals surface area contributed by atoms with Gasteiger partial charge in [-0.1, -0.05) is 13.0 Å². The molecule has 0 spiro atoms. The lowest BCUT2D eigenvalue weighted by Crippen LogP contribution is -2.43. The Labute approximate surface area is 84.4 Å². The van der Waals surface area contributed by atoms with Gasteiger partial charge in [0.2, 0.25) is 5.91 Å². The van der Waals surface area contributed by atoms with Gasteiger partial charge in [0.1, 0.15) is 0 Å². The number of carbonyl (C=O) groups excluding carboxylic acids is 1. The average molecular weight is 199 g/mol. The Hall–Kier alpha value is -0.440. The van der Waals surface area contributed by atoms with Crippen LogP contribution in [-0.2, 0) is 4.79 Å². The first kappa shape index (κ1) is 10.6. The molecular formula is C10H17NOS. The molecule has 1 atom stereocenters. The van der Waals surface area contributed by atoms with Crippen LogP contribution in [0, 0.1) is 0 Å². The molecule has 0 aliphatic carbocycles. The second-order valence-corrected chi connectivity index (χ2v) is 4.42. The van der Waals surface area contributed by atoms with Gasteiger partial charge in [0, 0.05) is 24.1 Å². The Balaban J connectivity index is 2.48. The van der Waals surface area contributed by atoms with Crippen molar-refractivity contribution in [1.29, 1.82) is 0 Å². The molecule has 1 aliphatic rings. The maximum Gasteiger partial charge on any atom is 0.246 e. The zero-order chi connectivity index (χ0) is 9.68. The first-order valence-electron chi connectivity index (χ1n) is 4.80. The lowest BCUT2D eigenvalue weighted by Gasteiger charge is -2.32. The van der Waals surface area contributed by atoms with Crippen molar-refractivity contribution in [2.75, 3.05) is 18.1 Å². The van der Waals surface area contributed by atoms with E-state index >= 15 is 0 Å². The highest BCUT2D eigenvalue weighted by atomic mass is 32.2. The molecule has 1 heterocycles. The van der Waals surface area contributed by atoms with E-state index in [4.69, 9.17) is 0 Å². The molecule has 2 nitrogen and oxygen atoms in total. The quantitative estimate of drug-likeness (QED) is 0.633. The predicted octanol–water partition coefficient (Wildman–Crippen LogP) is 1.92. The smallest absolute Gasteiger partial charge is 0.246 e. The van der Waals surface area contributed by atoms with Crippen molar-refractivity contribution < 1.29 is 4.79 Å². The number of thioether (sulfide) groups is 1. The Morgan fingerprint density at radius 2 is 2.46 bits per heavy atom. The number of hydrogen-bond acceptors (Lipinski definition) is 2. The van der Waals surface area contributed by atoms with Gasteiger partial charge in [0.05, 0.1) is 0 Å². The number of hydrogen-bond donors (Lipinski definition) is 0. The topological polar surface area (TPSA) is 20.3 Å². The minimum Gasteiger partial charge on any atom is -0.335 e. The summed E-state index contributed by atoms with van der Waals surface area (Å²) in [6, 6.07) is 0.396. The number of carbonyl (C=O) groups is 1. The minimum atomic E-state index is 0.176. The van der Waals surface area contributed by atoms with E-state index in [1.165, 1.54) is 0 Å². The number of amides is 1. The van der Waals surface area contributed by atoms with Crippen LogP contribution in [0.3, 0.4) is 0 Å². The molecule has 0 radical (unpaired) electrons. The highest BCUT2D eigenvalue weighted by Crippen LogP contribution is 2.16. The highest BCUT2D eigenvalue weighted by Gasteiger charge is 2.21. The first-order chi connectivity index (χ1) is 6.25. The van der Waals surface area contributed by atoms with E-state index in [0.717, 1.165) is 24.5 Å². The third-order valence-corrected chi connectivity index (χ3v) is 3.34. The third kappa shape index (κ3) is 3.07. The fraction of sp³-hybridized carbons (Fsp3) is 0.700. The molecule has 1 saturated heterocycles. The SMILES string of the molecule is CC/C=C/C(=O)N1CCSCC1C. The maximum atomic E-state index is 11.6. The fourth-order valence-corrected chi connectivity index (χ4v) is 2.38. The average Bonchev–Trinajstić information content (AvgIpc) is 2.15. The summed E-state index contributed by atoms with van der Waals surface area (Å²) in [7, 11) is 0. The summed E-state index contributed by atoms with van der Waals surface area (Å²) in [6.45, 7) is 5.06. The second kappa shape index (κ2) is 5.32. The van der Waals surface area contributed by atoms with Crippen molar-refractivity contribution in [3.05, 3.63) is 12.2 Å². The summed E-state index contributed by atoms with van der Waals surface area (Å²) in [5, 5.41) is 0. The van der Waals surface area contributed by atoms with Crippen LogP contribution in [0.5, 0.6) is 0 Å². The molecular weight excluding hydrogens is 182 g/mol. The molecule has 0 saturated carbocycles. The van der Waals surface area contributed by atoms with E-state index < -0.39 is 0 Å². The molecule has 3 heteroatoms. The van der Waals surface area contributed by atoms with Crippen LogP contribution in [0.15, 0.2) is 12.2 Å². The van der Waals surface area contributed by atoms with Gasteiger partial charge in [-0.2, -0.15) is 11.8 Å². The monoisotopic (exact) mass is 199 g/mol. The molecule has 0 aromatic rings. The minimum absolute atomic E-state index is 0.176. The lowest BCUT2D eigenvalue weighted by molar-refractivity contribution is -0.127. The van der Waals surface area contributed by atoms with E-state index in [2.05, 4.69) is 6.92 Å². The molecule has 0 N–H and O–H groups in total. The van der Waals surface area contributed by atoms with Gasteiger partial charge in [-0.15, -0.1) is 0 Å². The van der Waals surface area contributed by atoms with Crippen LogP contribution in [-0.4, -0.2) is 34.9 Å². The van der Waals surface area contributed by atoms with Crippen LogP contribution >= 0.6 is 11.8 Å². The number of allylic oxidation sites excluding steroid dienone is 1. The molecule has 1 fully saturated rings. The normalized spacial score (nSPS) is 23.8. The van der Waals surface area contributed by atoms with E-state index in [9.17, 15) is 4.79 Å². The molecule has 0 aromatic carbocycles. The zero-order valence-electron chi connectivity index (χ0n) is 8.32. The van der Waals surface area contributed by atoms with Gasteiger partial charge >= 0.3 is 0 Å². The van der Waals surface area contributed by atoms with Gasteiger partial charge in [0.15, 0.2) is 0 Å². The van der Waals surface area contributed by atoms with Crippen molar-refractivity contribution in [3.63, 3.8) is 0 Å². The van der Waals surface area contributed by atoms with Crippen molar-refractivity contribution in [1.82, 2.24) is 4.90 Å². The molecule has 1 amide bonds. The highest BCUT2D eigenvalue weighted by molar-refractivity contribution is 7.99. The summed E-state index contributed by atoms with van der Waals surface area (Å²) in [5.41, 5.74) is 0. The molecule has 1 unspecified atom stereocenters. The molecule has 13 heavy (non-hydrogen) atoms. The van der Waals surface area contributed by atoms with Gasteiger partial charge in [-0.05, 0) is 19.4 Å². The van der Waals surface area contributed by atoms with Crippen molar-refractivity contribution in [2.45, 2.75) is 26.3 Å². The number of nitrogens with zero attached hydrogens (tertiary/aromatic N) is 1. The summed E-state index contributed by atoms with van der Waals surface area (Å²) >= 11 is 1.93. The fourth-order valence-electron chi connectivity index (χ4n) is 1.37. The van der Waals surface area contributed by atoms with Crippen LogP contribution in [0.2, 0.25) is 0 Å². The largest absolute Gasteiger partial charge is 0.335 e. The van der Waals surface area contributed by atoms with Gasteiger partial charge in [-0.3, -0.25) is 4.79 Å². The summed E-state index contributed by atoms with van der Waals surface area (Å²) in [4.78, 5) is 13.6. The predicted molar refractivity (Wildman–Crippen MR) is 57.9 cm³/mol. The Bertz CT molecular complexity index is 203. The van der Waals surface area contributed by atoms with Crippen LogP contribution in [0.4, 0.5) is 0 Å². The van der Waals surface area contributed by atoms with E-state index in [0.29, 0.717) is 6.04 Å². The van der Waals surface area contributed by atoms with Crippen LogP contribution in [0.25, 0.3) is 0 Å². The molecule has 74 valence electrons. The molecule has 0 bridgehead atoms. The summed E-state index contributed by atoms with van der Waals surface area (Å²) in [6.07, 6.45) is 4.56. The van der Waals surface area contributed by atoms with Crippen molar-refractivity contribution in [3.8, 4) is 0 Å². The van der Waals surface area contributed by atoms with E-state index in [-0.39, 0.29) is 5.91 Å². The molecule has 0 aromatic heterocycles. The maximum absolute atomic E-state index is 11.6. The molecule has 1 rings (SSSR count). The van der Waals surface area contributed by atoms with Gasteiger partial charge in [0.25, 0.3) is 0 Å². The zero-order valence-corrected chi connectivity index (χ0v) is 9.14. The Morgan fingerprint density at radius 3 is 3.08 bits per heavy atom. The van der Waals surface area contributed by atoms with Crippen LogP contribution in [0.1, 0.15) is 20.3 Å². The van der Waals surface area contributed by atoms with Crippen LogP contribution < -0.4 is 0 Å². The Morgan fingerprint density at radius 1 is 1.69 bits per heavy atom. The first-order valence-corrected chi connectivity index (χ1v) is 5.96. The lowest BCUT2D eigenvalue weighted by atomic mass is 10.3. The molecule has 1 aliphatic heterocycles. The standard InChI is InChI=1S/C10H17NOS/c1-3-4-5-10(12)11-6-7-13-8-9(11)2/h4-5,9H,3,6-8H2,1-2H3/b5-4+. The Kier molecular flexibility index (Phi) is 4.36. The van der Waals surface area contributed by atoms with Crippen molar-refractivity contribution >= 4 is 17.7 Å². The summed E-state index contributed by atoms with van der Waals surface area (Å²) in [5.74, 6) is 2.33. The third-order valence-electron chi connectivity index (χ3n) is 2.15. The number of rotatable bonds is 2. The van der Waals surface area contributed by atoms with E-state index in [1.54, 1.807) is 6.08 Å². The van der Waals surface area contributed by atoms with Gasteiger partial charge in [-0.25, -0.2) is 0 Å². The van der Waals surface area contributed by atoms with Crippen molar-refractivity contribution in [2.24, 2.45) is 0 Å². The second-order valence-electron chi connectivity index (χ2n) is 3.27. The van der Waals surface area contributed by atoms with Gasteiger partial charge < -0.3 is 4.90 Å². The summed E-state index contributed by atoms with van der Waals surface area (Å²) < 4.78 is 0. The van der Waals surface area contributed by atoms with E-state index in [1.807, 2.05) is 29.7 Å².